The lowest BCUT2D eigenvalue weighted by molar-refractivity contribution is 0.111. The molecule has 114 valence electrons. The molecule has 0 aliphatic heterocycles. The molecule has 0 atom stereocenters. The smallest absolute Gasteiger partial charge is 0.489 e. The van der Waals surface area contributed by atoms with E-state index in [2.05, 4.69) is 4.98 Å². The summed E-state index contributed by atoms with van der Waals surface area (Å²) < 4.78 is 10.8. The van der Waals surface area contributed by atoms with E-state index in [9.17, 15) is 14.8 Å². The van der Waals surface area contributed by atoms with Crippen LogP contribution in [0.25, 0.3) is 0 Å². The molecule has 0 fully saturated rings. The summed E-state index contributed by atoms with van der Waals surface area (Å²) in [4.78, 5) is 15.5. The van der Waals surface area contributed by atoms with E-state index in [0.29, 0.717) is 17.7 Å². The fraction of sp³-hybridized carbons (Fsp3) is 0.200. The van der Waals surface area contributed by atoms with Gasteiger partial charge in [0.2, 0.25) is 0 Å². The summed E-state index contributed by atoms with van der Waals surface area (Å²) >= 11 is 0. The Balaban J connectivity index is 2.23. The van der Waals surface area contributed by atoms with Gasteiger partial charge in [-0.1, -0.05) is 12.1 Å². The van der Waals surface area contributed by atoms with Crippen molar-refractivity contribution in [1.29, 1.82) is 0 Å². The van der Waals surface area contributed by atoms with Crippen LogP contribution in [-0.4, -0.2) is 35.5 Å². The van der Waals surface area contributed by atoms with Crippen molar-refractivity contribution in [1.82, 2.24) is 4.98 Å². The number of carbonyl (C=O) groups excluding carboxylic acids is 1. The van der Waals surface area contributed by atoms with Gasteiger partial charge in [-0.3, -0.25) is 9.78 Å². The van der Waals surface area contributed by atoms with Crippen molar-refractivity contribution in [3.05, 3.63) is 47.3 Å². The molecule has 0 aliphatic carbocycles. The molecule has 0 amide bonds. The number of hydrogen-bond acceptors (Lipinski definition) is 6. The topological polar surface area (TPSA) is 88.9 Å². The van der Waals surface area contributed by atoms with Crippen molar-refractivity contribution in [2.45, 2.75) is 13.5 Å². The summed E-state index contributed by atoms with van der Waals surface area (Å²) in [6, 6.07) is 8.15. The number of aromatic nitrogens is 1. The monoisotopic (exact) mass is 301 g/mol. The minimum Gasteiger partial charge on any atom is -0.497 e. The molecule has 1 aromatic carbocycles. The number of nitrogens with zero attached hydrogens (tertiary/aromatic N) is 1. The lowest BCUT2D eigenvalue weighted by Gasteiger charge is -2.12. The van der Waals surface area contributed by atoms with Crippen LogP contribution >= 0.6 is 0 Å². The van der Waals surface area contributed by atoms with Crippen LogP contribution in [0, 0.1) is 6.92 Å². The number of rotatable bonds is 6. The Hall–Kier alpha value is -2.38. The molecule has 0 radical (unpaired) electrons. The second kappa shape index (κ2) is 7.06. The predicted octanol–water partition coefficient (Wildman–Crippen LogP) is 0.470. The first-order valence-electron chi connectivity index (χ1n) is 6.63. The Kier molecular flexibility index (Phi) is 5.14. The highest BCUT2D eigenvalue weighted by molar-refractivity contribution is 6.60. The quantitative estimate of drug-likeness (QED) is 0.595. The van der Waals surface area contributed by atoms with Gasteiger partial charge in [-0.15, -0.1) is 0 Å². The van der Waals surface area contributed by atoms with E-state index in [1.165, 1.54) is 6.07 Å². The summed E-state index contributed by atoms with van der Waals surface area (Å²) in [7, 11) is -0.170. The van der Waals surface area contributed by atoms with Crippen molar-refractivity contribution in [2.24, 2.45) is 0 Å². The molecule has 1 heterocycles. The summed E-state index contributed by atoms with van der Waals surface area (Å²) in [6.07, 6.45) is 0.536. The minimum atomic E-state index is -1.74. The number of hydrogen-bond donors (Lipinski definition) is 2. The summed E-state index contributed by atoms with van der Waals surface area (Å²) in [6.45, 7) is 1.97. The maximum atomic E-state index is 11.2. The highest BCUT2D eigenvalue weighted by Crippen LogP contribution is 2.18. The minimum absolute atomic E-state index is 0.0993. The van der Waals surface area contributed by atoms with E-state index >= 15 is 0 Å². The third-order valence-electron chi connectivity index (χ3n) is 3.09. The SMILES string of the molecule is COc1cc(C)nc(COc2cccc(B(O)O)c2C=O)c1. The first-order chi connectivity index (χ1) is 10.5. The standard InChI is InChI=1S/C15H16BNO5/c1-10-6-12(21-2)7-11(17-10)9-22-15-5-3-4-14(16(19)20)13(15)8-18/h3-8,19-20H,9H2,1-2H3. The molecule has 0 spiro atoms. The van der Waals surface area contributed by atoms with E-state index < -0.39 is 7.12 Å². The van der Waals surface area contributed by atoms with Crippen LogP contribution in [0.15, 0.2) is 30.3 Å². The van der Waals surface area contributed by atoms with Crippen LogP contribution in [0.3, 0.4) is 0 Å². The zero-order valence-corrected chi connectivity index (χ0v) is 12.3. The third kappa shape index (κ3) is 3.63. The van der Waals surface area contributed by atoms with Crippen LogP contribution in [0.1, 0.15) is 21.7 Å². The molecule has 2 rings (SSSR count). The average molecular weight is 301 g/mol. The summed E-state index contributed by atoms with van der Waals surface area (Å²) in [5.74, 6) is 0.934. The molecular formula is C15H16BNO5. The Morgan fingerprint density at radius 2 is 2.09 bits per heavy atom. The highest BCUT2D eigenvalue weighted by atomic mass is 16.5. The van der Waals surface area contributed by atoms with Gasteiger partial charge in [-0.2, -0.15) is 0 Å². The Morgan fingerprint density at radius 1 is 1.32 bits per heavy atom. The van der Waals surface area contributed by atoms with Gasteiger partial charge in [0.15, 0.2) is 6.29 Å². The third-order valence-corrected chi connectivity index (χ3v) is 3.09. The van der Waals surface area contributed by atoms with Gasteiger partial charge in [-0.25, -0.2) is 0 Å². The zero-order chi connectivity index (χ0) is 16.1. The number of benzene rings is 1. The maximum absolute atomic E-state index is 11.2. The lowest BCUT2D eigenvalue weighted by atomic mass is 9.77. The molecule has 0 unspecified atom stereocenters. The molecule has 22 heavy (non-hydrogen) atoms. The normalized spacial score (nSPS) is 10.2. The first kappa shape index (κ1) is 16.0. The Bertz CT molecular complexity index is 675. The van der Waals surface area contributed by atoms with Crippen LogP contribution in [0.4, 0.5) is 0 Å². The van der Waals surface area contributed by atoms with E-state index in [4.69, 9.17) is 9.47 Å². The van der Waals surface area contributed by atoms with Crippen molar-refractivity contribution in [3.63, 3.8) is 0 Å². The van der Waals surface area contributed by atoms with E-state index in [1.54, 1.807) is 31.4 Å². The van der Waals surface area contributed by atoms with E-state index in [0.717, 1.165) is 5.69 Å². The summed E-state index contributed by atoms with van der Waals surface area (Å²) in [5.41, 5.74) is 1.64. The number of pyridine rings is 1. The van der Waals surface area contributed by atoms with Crippen molar-refractivity contribution in [3.8, 4) is 11.5 Å². The molecule has 2 aromatic rings. The highest BCUT2D eigenvalue weighted by Gasteiger charge is 2.19. The lowest BCUT2D eigenvalue weighted by Crippen LogP contribution is -2.33. The number of aryl methyl sites for hydroxylation is 1. The molecule has 0 bridgehead atoms. The van der Waals surface area contributed by atoms with E-state index in [1.807, 2.05) is 6.92 Å². The van der Waals surface area contributed by atoms with Crippen LogP contribution in [0.2, 0.25) is 0 Å². The van der Waals surface area contributed by atoms with E-state index in [-0.39, 0.29) is 23.4 Å². The summed E-state index contributed by atoms with van der Waals surface area (Å²) in [5, 5.41) is 18.5. The average Bonchev–Trinajstić information content (AvgIpc) is 2.51. The Morgan fingerprint density at radius 3 is 2.73 bits per heavy atom. The molecular weight excluding hydrogens is 285 g/mol. The second-order valence-corrected chi connectivity index (χ2v) is 4.68. The molecule has 2 N–H and O–H groups in total. The van der Waals surface area contributed by atoms with Crippen molar-refractivity contribution >= 4 is 18.9 Å². The van der Waals surface area contributed by atoms with Gasteiger partial charge in [-0.05, 0) is 18.5 Å². The van der Waals surface area contributed by atoms with Crippen LogP contribution < -0.4 is 14.9 Å². The van der Waals surface area contributed by atoms with Crippen molar-refractivity contribution in [2.75, 3.05) is 7.11 Å². The fourth-order valence-electron chi connectivity index (χ4n) is 2.08. The van der Waals surface area contributed by atoms with Crippen molar-refractivity contribution < 1.29 is 24.3 Å². The fourth-order valence-corrected chi connectivity index (χ4v) is 2.08. The Labute approximate surface area is 128 Å². The molecule has 0 saturated heterocycles. The number of carbonyl (C=O) groups is 1. The number of ether oxygens (including phenoxy) is 2. The maximum Gasteiger partial charge on any atom is 0.489 e. The molecule has 7 heteroatoms. The molecule has 0 aliphatic rings. The van der Waals surface area contributed by atoms with Crippen LogP contribution in [0.5, 0.6) is 11.5 Å². The first-order valence-corrected chi connectivity index (χ1v) is 6.63. The molecule has 1 aromatic heterocycles. The van der Waals surface area contributed by atoms with Gasteiger partial charge < -0.3 is 19.5 Å². The second-order valence-electron chi connectivity index (χ2n) is 4.68. The van der Waals surface area contributed by atoms with Gasteiger partial charge in [0.1, 0.15) is 18.1 Å². The number of methoxy groups -OCH3 is 1. The molecule has 0 saturated carbocycles. The van der Waals surface area contributed by atoms with Gasteiger partial charge >= 0.3 is 7.12 Å². The number of aldehydes is 1. The largest absolute Gasteiger partial charge is 0.497 e. The van der Waals surface area contributed by atoms with Gasteiger partial charge in [0, 0.05) is 17.8 Å². The zero-order valence-electron chi connectivity index (χ0n) is 12.3. The van der Waals surface area contributed by atoms with Crippen LogP contribution in [-0.2, 0) is 6.61 Å². The van der Waals surface area contributed by atoms with Gasteiger partial charge in [0.05, 0.1) is 18.4 Å². The van der Waals surface area contributed by atoms with Gasteiger partial charge in [0.25, 0.3) is 0 Å². The molecule has 6 nitrogen and oxygen atoms in total. The predicted molar refractivity (Wildman–Crippen MR) is 81.5 cm³/mol.